The van der Waals surface area contributed by atoms with E-state index in [1.165, 1.54) is 24.2 Å². The molecule has 0 aromatic carbocycles. The fraction of sp³-hybridized carbons (Fsp3) is 0.805. The minimum Gasteiger partial charge on any atom is -0.463 e. The van der Waals surface area contributed by atoms with E-state index < -0.39 is 18.2 Å². The molecule has 2 heterocycles. The van der Waals surface area contributed by atoms with E-state index in [0.717, 1.165) is 37.4 Å². The average Bonchev–Trinajstić information content (AvgIpc) is 3.68. The third kappa shape index (κ3) is 16.6. The largest absolute Gasteiger partial charge is 0.508 e. The van der Waals surface area contributed by atoms with Crippen LogP contribution in [0.2, 0.25) is 0 Å². The molecule has 14 heteroatoms. The maximum atomic E-state index is 12.8. The Morgan fingerprint density at radius 2 is 1.60 bits per heavy atom. The van der Waals surface area contributed by atoms with Crippen molar-refractivity contribution >= 4 is 45.7 Å². The van der Waals surface area contributed by atoms with Gasteiger partial charge < -0.3 is 37.9 Å². The minimum atomic E-state index is -0.845. The molecule has 0 N–H and O–H groups in total. The van der Waals surface area contributed by atoms with Crippen LogP contribution in [-0.2, 0) is 52.3 Å². The van der Waals surface area contributed by atoms with Crippen LogP contribution >= 0.6 is 21.6 Å². The fourth-order valence-electron chi connectivity index (χ4n) is 7.53. The Labute approximate surface area is 335 Å². The summed E-state index contributed by atoms with van der Waals surface area (Å²) in [4.78, 5) is 49.6. The van der Waals surface area contributed by atoms with Gasteiger partial charge in [0.1, 0.15) is 31.5 Å². The number of esters is 3. The third-order valence-electron chi connectivity index (χ3n) is 10.7. The number of ether oxygens (including phenoxy) is 8. The molecule has 55 heavy (non-hydrogen) atoms. The number of unbranched alkanes of at least 4 members (excludes halogenated alkanes) is 1. The van der Waals surface area contributed by atoms with Crippen molar-refractivity contribution in [3.05, 3.63) is 23.8 Å². The summed E-state index contributed by atoms with van der Waals surface area (Å²) in [5.74, 6) is 1.26. The Hall–Kier alpha value is -2.26. The van der Waals surface area contributed by atoms with Gasteiger partial charge in [0.05, 0.1) is 52.0 Å². The second-order valence-corrected chi connectivity index (χ2v) is 18.0. The SMILES string of the molecule is CCC(C)C(=O)OC1CC(C)C=C2C=C[C@H](C)C(CCC3CC(OC(=O)OCCOCCOCCOCCOC(=O)CCCCC4CCSS4)CC(=O)O3)C21. The molecule has 2 saturated heterocycles. The van der Waals surface area contributed by atoms with Crippen molar-refractivity contribution in [1.82, 2.24) is 0 Å². The van der Waals surface area contributed by atoms with Gasteiger partial charge in [-0.15, -0.1) is 0 Å². The van der Waals surface area contributed by atoms with Crippen molar-refractivity contribution in [3.63, 3.8) is 0 Å². The summed E-state index contributed by atoms with van der Waals surface area (Å²) in [5, 5.41) is 0.741. The number of rotatable bonds is 24. The molecule has 0 spiro atoms. The number of hydrogen-bond donors (Lipinski definition) is 0. The highest BCUT2D eigenvalue weighted by Gasteiger charge is 2.42. The first-order valence-corrected chi connectivity index (χ1v) is 22.8. The molecule has 9 atom stereocenters. The molecule has 2 aliphatic carbocycles. The lowest BCUT2D eigenvalue weighted by atomic mass is 9.65. The predicted octanol–water partition coefficient (Wildman–Crippen LogP) is 7.66. The average molecular weight is 813 g/mol. The maximum absolute atomic E-state index is 12.8. The first-order valence-electron chi connectivity index (χ1n) is 20.4. The zero-order valence-electron chi connectivity index (χ0n) is 33.3. The van der Waals surface area contributed by atoms with Crippen molar-refractivity contribution in [2.24, 2.45) is 29.6 Å². The zero-order valence-corrected chi connectivity index (χ0v) is 34.9. The molecule has 0 saturated carbocycles. The highest BCUT2D eigenvalue weighted by atomic mass is 33.1. The van der Waals surface area contributed by atoms with E-state index in [4.69, 9.17) is 37.9 Å². The maximum Gasteiger partial charge on any atom is 0.508 e. The van der Waals surface area contributed by atoms with Gasteiger partial charge in [0.15, 0.2) is 0 Å². The van der Waals surface area contributed by atoms with Crippen LogP contribution in [0.3, 0.4) is 0 Å². The molecule has 0 radical (unpaired) electrons. The van der Waals surface area contributed by atoms with E-state index in [1.54, 1.807) is 0 Å². The Balaban J connectivity index is 1.02. The van der Waals surface area contributed by atoms with E-state index >= 15 is 0 Å². The summed E-state index contributed by atoms with van der Waals surface area (Å²) in [6, 6.07) is 0. The molecule has 4 aliphatic rings. The molecule has 0 aromatic rings. The Bertz CT molecular complexity index is 1250. The molecule has 0 bridgehead atoms. The van der Waals surface area contributed by atoms with E-state index in [2.05, 4.69) is 32.1 Å². The highest BCUT2D eigenvalue weighted by Crippen LogP contribution is 2.45. The van der Waals surface area contributed by atoms with Crippen molar-refractivity contribution in [2.75, 3.05) is 58.6 Å². The Morgan fingerprint density at radius 3 is 2.29 bits per heavy atom. The van der Waals surface area contributed by atoms with Gasteiger partial charge in [-0.05, 0) is 68.3 Å². The predicted molar refractivity (Wildman–Crippen MR) is 211 cm³/mol. The molecule has 8 unspecified atom stereocenters. The van der Waals surface area contributed by atoms with Gasteiger partial charge in [-0.1, -0.05) is 73.9 Å². The molecule has 0 aromatic heterocycles. The summed E-state index contributed by atoms with van der Waals surface area (Å²) >= 11 is 0. The first kappa shape index (κ1) is 45.4. The summed E-state index contributed by atoms with van der Waals surface area (Å²) in [6.07, 6.45) is 12.8. The molecule has 0 amide bonds. The summed E-state index contributed by atoms with van der Waals surface area (Å²) in [7, 11) is 3.91. The number of carbonyl (C=O) groups is 4. The van der Waals surface area contributed by atoms with Crippen LogP contribution in [0, 0.1) is 29.6 Å². The molecule has 12 nitrogen and oxygen atoms in total. The monoisotopic (exact) mass is 812 g/mol. The van der Waals surface area contributed by atoms with Crippen LogP contribution in [-0.4, -0.2) is 106 Å². The molecule has 2 fully saturated rings. The number of hydrogen-bond acceptors (Lipinski definition) is 14. The molecule has 312 valence electrons. The molecule has 2 aliphatic heterocycles. The smallest absolute Gasteiger partial charge is 0.463 e. The Kier molecular flexibility index (Phi) is 20.8. The van der Waals surface area contributed by atoms with Gasteiger partial charge >= 0.3 is 24.1 Å². The van der Waals surface area contributed by atoms with Crippen molar-refractivity contribution < 1.29 is 57.1 Å². The summed E-state index contributed by atoms with van der Waals surface area (Å²) in [6.45, 7) is 10.4. The summed E-state index contributed by atoms with van der Waals surface area (Å²) < 4.78 is 44.1. The molecule has 4 rings (SSSR count). The normalized spacial score (nSPS) is 28.1. The van der Waals surface area contributed by atoms with Gasteiger partial charge in [-0.3, -0.25) is 14.4 Å². The first-order chi connectivity index (χ1) is 26.6. The van der Waals surface area contributed by atoms with Gasteiger partial charge in [-0.2, -0.15) is 0 Å². The van der Waals surface area contributed by atoms with Gasteiger partial charge in [0.25, 0.3) is 0 Å². The van der Waals surface area contributed by atoms with Crippen molar-refractivity contribution in [3.8, 4) is 0 Å². The van der Waals surface area contributed by atoms with Crippen LogP contribution in [0.25, 0.3) is 0 Å². The van der Waals surface area contributed by atoms with E-state index in [9.17, 15) is 19.2 Å². The highest BCUT2D eigenvalue weighted by molar-refractivity contribution is 8.77. The standard InChI is InChI=1S/C41H64O12S2/c1-5-29(3)40(44)53-36-25-28(2)24-31-11-10-30(4)35(39(31)36)13-12-32-26-33(27-38(43)51-32)52-41(45)50-22-20-48-18-16-46-15-17-47-19-21-49-37(42)9-7-6-8-34-14-23-54-55-34/h10-11,24,28-30,32-36,39H,5-9,12-23,25-27H2,1-4H3/t28?,29?,30-,32?,33?,34?,35?,36?,39?/m0/s1. The van der Waals surface area contributed by atoms with Gasteiger partial charge in [0, 0.05) is 29.8 Å². The molecular weight excluding hydrogens is 749 g/mol. The minimum absolute atomic E-state index is 0.00568. The second kappa shape index (κ2) is 25.2. The lowest BCUT2D eigenvalue weighted by molar-refractivity contribution is -0.163. The van der Waals surface area contributed by atoms with E-state index in [0.29, 0.717) is 58.2 Å². The third-order valence-corrected chi connectivity index (χ3v) is 13.8. The van der Waals surface area contributed by atoms with E-state index in [1.807, 2.05) is 35.4 Å². The van der Waals surface area contributed by atoms with Crippen LogP contribution < -0.4 is 0 Å². The lowest BCUT2D eigenvalue weighted by Crippen LogP contribution is -2.42. The van der Waals surface area contributed by atoms with Gasteiger partial charge in [0.2, 0.25) is 0 Å². The quantitative estimate of drug-likeness (QED) is 0.0407. The topological polar surface area (TPSA) is 142 Å². The van der Waals surface area contributed by atoms with Crippen molar-refractivity contribution in [1.29, 1.82) is 0 Å². The van der Waals surface area contributed by atoms with Crippen LogP contribution in [0.15, 0.2) is 23.8 Å². The fourth-order valence-corrected chi connectivity index (χ4v) is 10.6. The summed E-state index contributed by atoms with van der Waals surface area (Å²) in [5.41, 5.74) is 1.22. The van der Waals surface area contributed by atoms with Crippen LogP contribution in [0.1, 0.15) is 98.3 Å². The number of cyclic esters (lactones) is 1. The number of carbonyl (C=O) groups excluding carboxylic acids is 4. The number of fused-ring (bicyclic) bond motifs is 1. The number of allylic oxidation sites excluding steroid dienone is 3. The van der Waals surface area contributed by atoms with Gasteiger partial charge in [-0.25, -0.2) is 4.79 Å². The van der Waals surface area contributed by atoms with E-state index in [-0.39, 0.29) is 74.1 Å². The Morgan fingerprint density at radius 1 is 0.891 bits per heavy atom. The zero-order chi connectivity index (χ0) is 39.4. The van der Waals surface area contributed by atoms with Crippen LogP contribution in [0.4, 0.5) is 4.79 Å². The van der Waals surface area contributed by atoms with Crippen molar-refractivity contribution in [2.45, 2.75) is 122 Å². The second-order valence-electron chi connectivity index (χ2n) is 15.2. The van der Waals surface area contributed by atoms with Crippen LogP contribution in [0.5, 0.6) is 0 Å². The lowest BCUT2D eigenvalue weighted by Gasteiger charge is -2.43. The molecular formula is C41H64O12S2.